The van der Waals surface area contributed by atoms with Gasteiger partial charge in [-0.1, -0.05) is 6.07 Å². The number of nitrogens with zero attached hydrogens (tertiary/aromatic N) is 4. The van der Waals surface area contributed by atoms with E-state index in [9.17, 15) is 0 Å². The Bertz CT molecular complexity index is 724. The Morgan fingerprint density at radius 2 is 2.12 bits per heavy atom. The maximum absolute atomic E-state index is 4.25. The highest BCUT2D eigenvalue weighted by atomic mass is 15.0. The zero-order valence-corrected chi connectivity index (χ0v) is 9.25. The summed E-state index contributed by atoms with van der Waals surface area (Å²) in [4.78, 5) is 8.26. The fourth-order valence-corrected chi connectivity index (χ4v) is 1.57. The molecule has 0 N–H and O–H groups in total. The van der Waals surface area contributed by atoms with Gasteiger partial charge in [-0.05, 0) is 24.0 Å². The van der Waals surface area contributed by atoms with E-state index in [1.165, 1.54) is 0 Å². The van der Waals surface area contributed by atoms with E-state index < -0.39 is 0 Å². The Kier molecular flexibility index (Phi) is 2.16. The molecular weight excluding hydrogens is 212 g/mol. The molecule has 81 valence electrons. The van der Waals surface area contributed by atoms with Gasteiger partial charge in [0.1, 0.15) is 17.0 Å². The van der Waals surface area contributed by atoms with Gasteiger partial charge >= 0.3 is 0 Å². The fraction of sp³-hybridized carbons (Fsp3) is 0.0769. The molecule has 17 heavy (non-hydrogen) atoms. The van der Waals surface area contributed by atoms with Crippen LogP contribution in [0.2, 0.25) is 0 Å². The SMILES string of the molecule is Cn1cncc1C#Cc1cnc2ccc[c]n12. The highest BCUT2D eigenvalue weighted by molar-refractivity contribution is 5.45. The van der Waals surface area contributed by atoms with Gasteiger partial charge < -0.3 is 4.57 Å². The Morgan fingerprint density at radius 3 is 2.94 bits per heavy atom. The first-order valence-corrected chi connectivity index (χ1v) is 5.17. The lowest BCUT2D eigenvalue weighted by Gasteiger charge is -1.92. The summed E-state index contributed by atoms with van der Waals surface area (Å²) in [5, 5.41) is 0. The molecule has 0 aliphatic carbocycles. The third kappa shape index (κ3) is 1.68. The smallest absolute Gasteiger partial charge is 0.138 e. The van der Waals surface area contributed by atoms with Crippen molar-refractivity contribution in [1.29, 1.82) is 0 Å². The first-order valence-electron chi connectivity index (χ1n) is 5.17. The lowest BCUT2D eigenvalue weighted by atomic mass is 10.4. The molecule has 0 atom stereocenters. The van der Waals surface area contributed by atoms with E-state index in [4.69, 9.17) is 0 Å². The van der Waals surface area contributed by atoms with Crippen LogP contribution in [0, 0.1) is 18.0 Å². The van der Waals surface area contributed by atoms with Crippen LogP contribution >= 0.6 is 0 Å². The highest BCUT2D eigenvalue weighted by Crippen LogP contribution is 2.04. The van der Waals surface area contributed by atoms with E-state index in [0.717, 1.165) is 17.0 Å². The summed E-state index contributed by atoms with van der Waals surface area (Å²) in [6.07, 6.45) is 8.28. The number of aromatic nitrogens is 4. The molecule has 0 saturated heterocycles. The summed E-state index contributed by atoms with van der Waals surface area (Å²) in [7, 11) is 1.91. The van der Waals surface area contributed by atoms with E-state index in [0.29, 0.717) is 0 Å². The van der Waals surface area contributed by atoms with E-state index in [2.05, 4.69) is 28.0 Å². The van der Waals surface area contributed by atoms with Crippen LogP contribution in [0.5, 0.6) is 0 Å². The van der Waals surface area contributed by atoms with Crippen molar-refractivity contribution in [2.45, 2.75) is 0 Å². The van der Waals surface area contributed by atoms with E-state index in [-0.39, 0.29) is 0 Å². The van der Waals surface area contributed by atoms with Crippen LogP contribution < -0.4 is 0 Å². The van der Waals surface area contributed by atoms with Gasteiger partial charge in [-0.15, -0.1) is 0 Å². The summed E-state index contributed by atoms with van der Waals surface area (Å²) in [5.41, 5.74) is 2.54. The molecule has 0 fully saturated rings. The van der Waals surface area contributed by atoms with Gasteiger partial charge in [-0.2, -0.15) is 0 Å². The first-order chi connectivity index (χ1) is 8.34. The van der Waals surface area contributed by atoms with E-state index in [1.807, 2.05) is 34.2 Å². The second-order valence-electron chi connectivity index (χ2n) is 3.63. The van der Waals surface area contributed by atoms with Crippen molar-refractivity contribution in [3.05, 3.63) is 54.5 Å². The molecule has 4 heteroatoms. The molecule has 1 radical (unpaired) electrons. The van der Waals surface area contributed by atoms with Crippen molar-refractivity contribution in [3.63, 3.8) is 0 Å². The maximum atomic E-state index is 4.25. The third-order valence-electron chi connectivity index (χ3n) is 2.47. The lowest BCUT2D eigenvalue weighted by Crippen LogP contribution is -1.90. The Hall–Kier alpha value is -2.54. The molecular formula is C13H9N4. The van der Waals surface area contributed by atoms with Crippen LogP contribution in [-0.4, -0.2) is 18.9 Å². The second-order valence-corrected chi connectivity index (χ2v) is 3.63. The molecule has 0 aliphatic rings. The molecule has 0 aromatic carbocycles. The second kappa shape index (κ2) is 3.80. The number of fused-ring (bicyclic) bond motifs is 1. The standard InChI is InChI=1S/C13H9N4/c1-16-10-14-8-11(16)5-6-12-9-15-13-4-2-3-7-17(12)13/h2-4,8-10H,1H3. The number of imidazole rings is 2. The molecule has 0 aliphatic heterocycles. The number of aryl methyl sites for hydroxylation is 1. The zero-order valence-electron chi connectivity index (χ0n) is 9.25. The number of hydrogen-bond acceptors (Lipinski definition) is 2. The topological polar surface area (TPSA) is 35.1 Å². The minimum absolute atomic E-state index is 0.821. The average molecular weight is 221 g/mol. The molecule has 0 unspecified atom stereocenters. The van der Waals surface area contributed by atoms with Crippen molar-refractivity contribution in [1.82, 2.24) is 18.9 Å². The zero-order chi connectivity index (χ0) is 11.7. The van der Waals surface area contributed by atoms with Gasteiger partial charge in [0.2, 0.25) is 0 Å². The summed E-state index contributed by atoms with van der Waals surface area (Å²) >= 11 is 0. The van der Waals surface area contributed by atoms with Crippen LogP contribution in [0.25, 0.3) is 5.65 Å². The third-order valence-corrected chi connectivity index (χ3v) is 2.47. The minimum atomic E-state index is 0.821. The van der Waals surface area contributed by atoms with Crippen molar-refractivity contribution < 1.29 is 0 Å². The normalized spacial score (nSPS) is 10.2. The Morgan fingerprint density at radius 1 is 1.24 bits per heavy atom. The summed E-state index contributed by atoms with van der Waals surface area (Å²) in [6.45, 7) is 0. The summed E-state index contributed by atoms with van der Waals surface area (Å²) in [5.74, 6) is 6.13. The monoisotopic (exact) mass is 221 g/mol. The molecule has 3 heterocycles. The molecule has 0 amide bonds. The largest absolute Gasteiger partial charge is 0.327 e. The number of rotatable bonds is 0. The Labute approximate surface area is 98.6 Å². The van der Waals surface area contributed by atoms with Crippen LogP contribution in [0.15, 0.2) is 36.9 Å². The molecule has 3 aromatic rings. The van der Waals surface area contributed by atoms with Crippen molar-refractivity contribution >= 4 is 5.65 Å². The van der Waals surface area contributed by atoms with Crippen LogP contribution in [-0.2, 0) is 7.05 Å². The van der Waals surface area contributed by atoms with Gasteiger partial charge in [0.15, 0.2) is 0 Å². The van der Waals surface area contributed by atoms with Gasteiger partial charge in [0.05, 0.1) is 24.9 Å². The molecule has 3 rings (SSSR count). The number of pyridine rings is 1. The highest BCUT2D eigenvalue weighted by Gasteiger charge is 1.98. The molecule has 3 aromatic heterocycles. The molecule has 0 spiro atoms. The maximum Gasteiger partial charge on any atom is 0.138 e. The van der Waals surface area contributed by atoms with E-state index >= 15 is 0 Å². The summed E-state index contributed by atoms with van der Waals surface area (Å²) in [6, 6.07) is 5.66. The van der Waals surface area contributed by atoms with Crippen LogP contribution in [0.4, 0.5) is 0 Å². The van der Waals surface area contributed by atoms with Crippen LogP contribution in [0.3, 0.4) is 0 Å². The van der Waals surface area contributed by atoms with Gasteiger partial charge in [-0.25, -0.2) is 9.97 Å². The predicted molar refractivity (Wildman–Crippen MR) is 63.2 cm³/mol. The summed E-state index contributed by atoms with van der Waals surface area (Å²) < 4.78 is 3.71. The lowest BCUT2D eigenvalue weighted by molar-refractivity contribution is 0.899. The fourth-order valence-electron chi connectivity index (χ4n) is 1.57. The van der Waals surface area contributed by atoms with Crippen LogP contribution in [0.1, 0.15) is 11.4 Å². The van der Waals surface area contributed by atoms with Crippen molar-refractivity contribution in [3.8, 4) is 11.8 Å². The van der Waals surface area contributed by atoms with Gasteiger partial charge in [-0.3, -0.25) is 4.40 Å². The van der Waals surface area contributed by atoms with E-state index in [1.54, 1.807) is 18.7 Å². The molecule has 0 bridgehead atoms. The van der Waals surface area contributed by atoms with Gasteiger partial charge in [0, 0.05) is 7.05 Å². The van der Waals surface area contributed by atoms with Crippen molar-refractivity contribution in [2.75, 3.05) is 0 Å². The average Bonchev–Trinajstić information content (AvgIpc) is 2.93. The minimum Gasteiger partial charge on any atom is -0.327 e. The predicted octanol–water partition coefficient (Wildman–Crippen LogP) is 1.27. The first kappa shape index (κ1) is 9.67. The number of hydrogen-bond donors (Lipinski definition) is 0. The van der Waals surface area contributed by atoms with Gasteiger partial charge in [0.25, 0.3) is 0 Å². The quantitative estimate of drug-likeness (QED) is 0.536. The molecule has 0 saturated carbocycles. The Balaban J connectivity index is 2.07. The van der Waals surface area contributed by atoms with Crippen molar-refractivity contribution in [2.24, 2.45) is 7.05 Å². The molecule has 4 nitrogen and oxygen atoms in total.